The van der Waals surface area contributed by atoms with E-state index in [0.29, 0.717) is 44.0 Å². The van der Waals surface area contributed by atoms with E-state index in [1.54, 1.807) is 18.5 Å². The molecule has 42 heavy (non-hydrogen) atoms. The number of alkyl halides is 3. The van der Waals surface area contributed by atoms with Crippen molar-refractivity contribution < 1.29 is 32.5 Å². The molecule has 5 N–H and O–H groups in total. The Bertz CT molecular complexity index is 1490. The number of unbranched alkanes of at least 4 members (excludes halogenated alkanes) is 1. The minimum absolute atomic E-state index is 0.0500. The molecule has 226 valence electrons. The average Bonchev–Trinajstić information content (AvgIpc) is 3.41. The number of aromatic nitrogens is 4. The number of hydrogen-bond acceptors (Lipinski definition) is 9. The van der Waals surface area contributed by atoms with Crippen LogP contribution in [-0.2, 0) is 11.3 Å². The number of aliphatic hydroxyl groups excluding tert-OH is 1. The molecule has 0 aliphatic rings. The predicted octanol–water partition coefficient (Wildman–Crippen LogP) is 3.97. The number of anilines is 1. The Morgan fingerprint density at radius 1 is 0.952 bits per heavy atom. The summed E-state index contributed by atoms with van der Waals surface area (Å²) < 4.78 is 53.2. The van der Waals surface area contributed by atoms with E-state index in [9.17, 15) is 23.1 Å². The molecule has 2 aromatic heterocycles. The Hall–Kier alpha value is -4.14. The molecular formula is C28H33F3N6O5. The van der Waals surface area contributed by atoms with E-state index < -0.39 is 12.5 Å². The summed E-state index contributed by atoms with van der Waals surface area (Å²) >= 11 is 0. The highest BCUT2D eigenvalue weighted by Gasteiger charge is 2.31. The molecule has 0 aliphatic carbocycles. The lowest BCUT2D eigenvalue weighted by Crippen LogP contribution is -2.19. The number of nitrogens with zero attached hydrogens (tertiary/aromatic N) is 2. The smallest absolute Gasteiger partial charge is 0.491 e. The molecule has 0 bridgehead atoms. The number of ether oxygens (including phenoxy) is 3. The van der Waals surface area contributed by atoms with Gasteiger partial charge >= 0.3 is 6.36 Å². The standard InChI is InChI=1S/C28H33F3N6O5/c1-18(38)17-41-22-8-19(9-23(13-22)42-28(29,30)31)14-32-4-2-3-6-40-7-5-33-25-10-20(11-26-24(25)16-35-36-26)21-12-27(39)37-34-15-21/h8-13,15-16,18,32-33,38H,2-7,14,17H2,1H3,(H,35,36)(H,37,39)/t18-/m1/s1. The number of nitrogens with one attached hydrogen (secondary N) is 4. The number of rotatable bonds is 16. The minimum Gasteiger partial charge on any atom is -0.491 e. The van der Waals surface area contributed by atoms with Gasteiger partial charge in [-0.1, -0.05) is 0 Å². The molecule has 0 fully saturated rings. The van der Waals surface area contributed by atoms with Crippen molar-refractivity contribution in [1.82, 2.24) is 25.7 Å². The van der Waals surface area contributed by atoms with E-state index in [1.165, 1.54) is 19.1 Å². The van der Waals surface area contributed by atoms with Crippen molar-refractivity contribution in [2.45, 2.75) is 38.8 Å². The zero-order valence-corrected chi connectivity index (χ0v) is 23.0. The molecule has 2 heterocycles. The maximum atomic E-state index is 12.7. The van der Waals surface area contributed by atoms with Gasteiger partial charge in [0.25, 0.3) is 5.56 Å². The van der Waals surface area contributed by atoms with Crippen LogP contribution in [0.25, 0.3) is 22.0 Å². The zero-order valence-electron chi connectivity index (χ0n) is 23.0. The SMILES string of the molecule is C[C@@H](O)COc1cc(CNCCCCOCCNc2cc(-c3cn[nH]c(=O)c3)cc3[nH]ncc23)cc(OC(F)(F)F)c1. The number of H-pyrrole nitrogens is 2. The third-order valence-corrected chi connectivity index (χ3v) is 6.00. The van der Waals surface area contributed by atoms with Gasteiger partial charge in [-0.3, -0.25) is 9.89 Å². The Morgan fingerprint density at radius 3 is 2.55 bits per heavy atom. The molecule has 2 aromatic carbocycles. The topological polar surface area (TPSA) is 146 Å². The number of fused-ring (bicyclic) bond motifs is 1. The van der Waals surface area contributed by atoms with E-state index in [4.69, 9.17) is 9.47 Å². The summed E-state index contributed by atoms with van der Waals surface area (Å²) in [6.07, 6.45) is -0.662. The van der Waals surface area contributed by atoms with E-state index in [-0.39, 0.29) is 23.7 Å². The van der Waals surface area contributed by atoms with Gasteiger partial charge in [-0.25, -0.2) is 5.10 Å². The normalized spacial score (nSPS) is 12.4. The van der Waals surface area contributed by atoms with Crippen molar-refractivity contribution in [2.75, 3.05) is 38.2 Å². The maximum Gasteiger partial charge on any atom is 0.573 e. The van der Waals surface area contributed by atoms with Crippen molar-refractivity contribution in [3.8, 4) is 22.6 Å². The van der Waals surface area contributed by atoms with Crippen molar-refractivity contribution in [3.05, 3.63) is 64.7 Å². The van der Waals surface area contributed by atoms with Crippen LogP contribution in [0.2, 0.25) is 0 Å². The van der Waals surface area contributed by atoms with Crippen LogP contribution in [0.5, 0.6) is 11.5 Å². The van der Waals surface area contributed by atoms with Gasteiger partial charge in [0.1, 0.15) is 18.1 Å². The van der Waals surface area contributed by atoms with Gasteiger partial charge in [-0.05, 0) is 61.7 Å². The molecule has 0 radical (unpaired) electrons. The first kappa shape index (κ1) is 30.8. The number of aliphatic hydroxyl groups is 1. The van der Waals surface area contributed by atoms with Crippen LogP contribution in [-0.4, -0.2) is 70.9 Å². The average molecular weight is 591 g/mol. The molecule has 0 saturated carbocycles. The maximum absolute atomic E-state index is 12.7. The van der Waals surface area contributed by atoms with Crippen LogP contribution in [0.15, 0.2) is 53.6 Å². The lowest BCUT2D eigenvalue weighted by molar-refractivity contribution is -0.274. The second-order valence-corrected chi connectivity index (χ2v) is 9.63. The molecule has 0 unspecified atom stereocenters. The molecule has 0 aliphatic heterocycles. The Morgan fingerprint density at radius 2 is 1.76 bits per heavy atom. The Kier molecular flexibility index (Phi) is 10.8. The molecule has 11 nitrogen and oxygen atoms in total. The van der Waals surface area contributed by atoms with Gasteiger partial charge in [-0.2, -0.15) is 10.2 Å². The molecule has 0 amide bonds. The largest absolute Gasteiger partial charge is 0.573 e. The minimum atomic E-state index is -4.82. The van der Waals surface area contributed by atoms with E-state index in [0.717, 1.165) is 41.1 Å². The number of halogens is 3. The lowest BCUT2D eigenvalue weighted by atomic mass is 10.1. The van der Waals surface area contributed by atoms with Gasteiger partial charge in [0.2, 0.25) is 0 Å². The summed E-state index contributed by atoms with van der Waals surface area (Å²) in [5, 5.41) is 30.2. The van der Waals surface area contributed by atoms with Crippen molar-refractivity contribution >= 4 is 16.6 Å². The zero-order chi connectivity index (χ0) is 30.0. The fourth-order valence-electron chi connectivity index (χ4n) is 4.17. The molecule has 0 spiro atoms. The van der Waals surface area contributed by atoms with Crippen LogP contribution < -0.4 is 25.7 Å². The summed E-state index contributed by atoms with van der Waals surface area (Å²) in [5.41, 5.74) is 3.47. The quantitative estimate of drug-likeness (QED) is 0.122. The van der Waals surface area contributed by atoms with Crippen molar-refractivity contribution in [2.24, 2.45) is 0 Å². The highest BCUT2D eigenvalue weighted by molar-refractivity contribution is 5.95. The van der Waals surface area contributed by atoms with Crippen LogP contribution in [0, 0.1) is 0 Å². The van der Waals surface area contributed by atoms with Crippen LogP contribution in [0.3, 0.4) is 0 Å². The second-order valence-electron chi connectivity index (χ2n) is 9.63. The van der Waals surface area contributed by atoms with Gasteiger partial charge in [0.15, 0.2) is 0 Å². The first-order valence-corrected chi connectivity index (χ1v) is 13.4. The summed E-state index contributed by atoms with van der Waals surface area (Å²) in [5.74, 6) is -0.194. The summed E-state index contributed by atoms with van der Waals surface area (Å²) in [6, 6.07) is 9.38. The number of benzene rings is 2. The van der Waals surface area contributed by atoms with Crippen LogP contribution in [0.4, 0.5) is 18.9 Å². The molecule has 1 atom stereocenters. The number of aromatic amines is 2. The second kappa shape index (κ2) is 14.7. The van der Waals surface area contributed by atoms with E-state index in [1.807, 2.05) is 12.1 Å². The van der Waals surface area contributed by atoms with E-state index >= 15 is 0 Å². The summed E-state index contributed by atoms with van der Waals surface area (Å²) in [4.78, 5) is 11.7. The molecular weight excluding hydrogens is 557 g/mol. The number of hydrogen-bond donors (Lipinski definition) is 5. The van der Waals surface area contributed by atoms with Gasteiger partial charge in [-0.15, -0.1) is 13.2 Å². The third-order valence-electron chi connectivity index (χ3n) is 6.00. The van der Waals surface area contributed by atoms with Crippen molar-refractivity contribution in [1.29, 1.82) is 0 Å². The highest BCUT2D eigenvalue weighted by Crippen LogP contribution is 2.30. The van der Waals surface area contributed by atoms with Crippen LogP contribution in [0.1, 0.15) is 25.3 Å². The summed E-state index contributed by atoms with van der Waals surface area (Å²) in [6.45, 7) is 4.01. The molecule has 4 rings (SSSR count). The first-order chi connectivity index (χ1) is 20.2. The van der Waals surface area contributed by atoms with Gasteiger partial charge < -0.3 is 30.0 Å². The fourth-order valence-corrected chi connectivity index (χ4v) is 4.17. The molecule has 0 saturated heterocycles. The Labute approximate surface area is 239 Å². The van der Waals surface area contributed by atoms with Crippen molar-refractivity contribution in [3.63, 3.8) is 0 Å². The molecule has 14 heteroatoms. The Balaban J connectivity index is 1.16. The molecule has 4 aromatic rings. The predicted molar refractivity (Wildman–Crippen MR) is 150 cm³/mol. The highest BCUT2D eigenvalue weighted by atomic mass is 19.4. The van der Waals surface area contributed by atoms with Gasteiger partial charge in [0, 0.05) is 48.5 Å². The van der Waals surface area contributed by atoms with Crippen LogP contribution >= 0.6 is 0 Å². The summed E-state index contributed by atoms with van der Waals surface area (Å²) in [7, 11) is 0. The van der Waals surface area contributed by atoms with Gasteiger partial charge in [0.05, 0.1) is 30.6 Å². The first-order valence-electron chi connectivity index (χ1n) is 13.4. The fraction of sp³-hybridized carbons (Fsp3) is 0.393. The monoisotopic (exact) mass is 590 g/mol. The van der Waals surface area contributed by atoms with E-state index in [2.05, 4.69) is 35.8 Å². The third kappa shape index (κ3) is 9.75. The lowest BCUT2D eigenvalue weighted by Gasteiger charge is -2.14.